The second-order valence-electron chi connectivity index (χ2n) is 5.84. The van der Waals surface area contributed by atoms with Crippen LogP contribution in [0.4, 0.5) is 13.2 Å². The maximum Gasteiger partial charge on any atom is 0.435 e. The van der Waals surface area contributed by atoms with Gasteiger partial charge >= 0.3 is 6.18 Å². The van der Waals surface area contributed by atoms with Crippen molar-refractivity contribution in [1.82, 2.24) is 35.2 Å². The van der Waals surface area contributed by atoms with Crippen molar-refractivity contribution < 1.29 is 13.2 Å². The van der Waals surface area contributed by atoms with Gasteiger partial charge in [-0.25, -0.2) is 9.67 Å². The van der Waals surface area contributed by atoms with Crippen LogP contribution in [0.3, 0.4) is 0 Å². The first-order chi connectivity index (χ1) is 11.9. The average molecular weight is 484 g/mol. The van der Waals surface area contributed by atoms with E-state index in [4.69, 9.17) is 0 Å². The van der Waals surface area contributed by atoms with E-state index in [-0.39, 0.29) is 42.1 Å². The highest BCUT2D eigenvalue weighted by atomic mass is 127. The Kier molecular flexibility index (Phi) is 6.47. The fraction of sp³-hybridized carbons (Fsp3) is 0.571. The molecule has 8 nitrogen and oxygen atoms in total. The molecule has 3 heterocycles. The van der Waals surface area contributed by atoms with Gasteiger partial charge in [-0.15, -0.1) is 24.0 Å². The van der Waals surface area contributed by atoms with E-state index in [1.54, 1.807) is 7.05 Å². The van der Waals surface area contributed by atoms with Crippen molar-refractivity contribution in [3.8, 4) is 0 Å². The first-order valence-electron chi connectivity index (χ1n) is 7.80. The van der Waals surface area contributed by atoms with E-state index >= 15 is 0 Å². The summed E-state index contributed by atoms with van der Waals surface area (Å²) in [5.41, 5.74) is -0.817. The molecule has 0 amide bonds. The highest BCUT2D eigenvalue weighted by Gasteiger charge is 2.36. The Morgan fingerprint density at radius 2 is 2.19 bits per heavy atom. The summed E-state index contributed by atoms with van der Waals surface area (Å²) >= 11 is 0. The molecule has 144 valence electrons. The summed E-state index contributed by atoms with van der Waals surface area (Å²) in [4.78, 5) is 8.24. The van der Waals surface area contributed by atoms with Crippen molar-refractivity contribution in [1.29, 1.82) is 0 Å². The van der Waals surface area contributed by atoms with Crippen LogP contribution in [0.2, 0.25) is 0 Å². The van der Waals surface area contributed by atoms with Gasteiger partial charge in [0.25, 0.3) is 0 Å². The summed E-state index contributed by atoms with van der Waals surface area (Å²) in [6, 6.07) is 0.0800. The molecule has 0 radical (unpaired) electrons. The van der Waals surface area contributed by atoms with Crippen LogP contribution in [0, 0.1) is 0 Å². The number of rotatable bonds is 3. The number of nitrogens with zero attached hydrogens (tertiary/aromatic N) is 6. The Morgan fingerprint density at radius 1 is 1.42 bits per heavy atom. The molecule has 0 saturated carbocycles. The van der Waals surface area contributed by atoms with Gasteiger partial charge in [0.15, 0.2) is 11.7 Å². The minimum Gasteiger partial charge on any atom is -0.352 e. The largest absolute Gasteiger partial charge is 0.435 e. The zero-order valence-electron chi connectivity index (χ0n) is 14.3. The Balaban J connectivity index is 0.00000243. The third-order valence-electron chi connectivity index (χ3n) is 3.99. The Hall–Kier alpha value is -1.86. The molecule has 0 bridgehead atoms. The molecule has 0 spiro atoms. The van der Waals surface area contributed by atoms with E-state index in [9.17, 15) is 13.2 Å². The third kappa shape index (κ3) is 4.65. The van der Waals surface area contributed by atoms with Crippen molar-refractivity contribution in [2.45, 2.75) is 38.1 Å². The molecular weight excluding hydrogens is 464 g/mol. The molecule has 0 aliphatic carbocycles. The molecule has 1 atom stereocenters. The second-order valence-corrected chi connectivity index (χ2v) is 5.84. The lowest BCUT2D eigenvalue weighted by Gasteiger charge is -2.25. The Morgan fingerprint density at radius 3 is 2.88 bits per heavy atom. The maximum absolute atomic E-state index is 13.0. The van der Waals surface area contributed by atoms with Crippen molar-refractivity contribution in [2.24, 2.45) is 12.0 Å². The van der Waals surface area contributed by atoms with Gasteiger partial charge in [-0.3, -0.25) is 9.67 Å². The number of hydrogen-bond donors (Lipinski definition) is 2. The zero-order chi connectivity index (χ0) is 18.0. The summed E-state index contributed by atoms with van der Waals surface area (Å²) < 4.78 is 41.9. The summed E-state index contributed by atoms with van der Waals surface area (Å²) in [6.45, 7) is 0.611. The van der Waals surface area contributed by atoms with Gasteiger partial charge in [0.1, 0.15) is 12.2 Å². The van der Waals surface area contributed by atoms with E-state index in [0.717, 1.165) is 23.3 Å². The minimum atomic E-state index is -4.48. The van der Waals surface area contributed by atoms with Crippen LogP contribution >= 0.6 is 24.0 Å². The lowest BCUT2D eigenvalue weighted by molar-refractivity contribution is -0.142. The fourth-order valence-electron chi connectivity index (χ4n) is 2.83. The highest BCUT2D eigenvalue weighted by molar-refractivity contribution is 14.0. The molecule has 1 unspecified atom stereocenters. The van der Waals surface area contributed by atoms with E-state index < -0.39 is 11.9 Å². The number of alkyl halides is 3. The van der Waals surface area contributed by atoms with Gasteiger partial charge in [0.2, 0.25) is 0 Å². The van der Waals surface area contributed by atoms with Crippen LogP contribution in [0.15, 0.2) is 17.5 Å². The van der Waals surface area contributed by atoms with Gasteiger partial charge in [0, 0.05) is 44.9 Å². The predicted octanol–water partition coefficient (Wildman–Crippen LogP) is 1.33. The summed E-state index contributed by atoms with van der Waals surface area (Å²) in [7, 11) is 3.04. The molecule has 2 aromatic heterocycles. The number of nitrogens with one attached hydrogen (secondary N) is 2. The quantitative estimate of drug-likeness (QED) is 0.390. The van der Waals surface area contributed by atoms with Crippen LogP contribution in [-0.2, 0) is 32.7 Å². The van der Waals surface area contributed by atoms with E-state index in [0.29, 0.717) is 12.5 Å². The molecule has 1 aliphatic heterocycles. The predicted molar refractivity (Wildman–Crippen MR) is 99.1 cm³/mol. The van der Waals surface area contributed by atoms with Crippen molar-refractivity contribution in [2.75, 3.05) is 7.05 Å². The number of aromatic nitrogens is 5. The van der Waals surface area contributed by atoms with Gasteiger partial charge in [0.05, 0.1) is 6.54 Å². The topological polar surface area (TPSA) is 84.9 Å². The second kappa shape index (κ2) is 8.22. The Labute approximate surface area is 165 Å². The van der Waals surface area contributed by atoms with Gasteiger partial charge in [-0.2, -0.15) is 23.4 Å². The van der Waals surface area contributed by atoms with E-state index in [2.05, 4.69) is 30.8 Å². The molecule has 2 aromatic rings. The molecule has 2 N–H and O–H groups in total. The molecule has 0 fully saturated rings. The van der Waals surface area contributed by atoms with Crippen LogP contribution in [0.5, 0.6) is 0 Å². The third-order valence-corrected chi connectivity index (χ3v) is 3.99. The first kappa shape index (κ1) is 20.5. The lowest BCUT2D eigenvalue weighted by atomic mass is 10.1. The van der Waals surface area contributed by atoms with Crippen LogP contribution in [0.1, 0.15) is 23.5 Å². The maximum atomic E-state index is 13.0. The van der Waals surface area contributed by atoms with Crippen molar-refractivity contribution in [3.05, 3.63) is 29.6 Å². The standard InChI is InChI=1S/C14H19F3N8.HI/c1-18-13(22-10-3-4-11-20-8-21-25(11)7-10)19-5-9-6-24(2)23-12(9)14(15,16)17;/h6,8,10H,3-5,7H2,1-2H3,(H2,18,19,22);1H. The molecular formula is C14H20F3IN8. The van der Waals surface area contributed by atoms with E-state index in [1.165, 1.54) is 19.6 Å². The number of aryl methyl sites for hydroxylation is 2. The fourth-order valence-corrected chi connectivity index (χ4v) is 2.83. The molecule has 0 saturated heterocycles. The summed E-state index contributed by atoms with van der Waals surface area (Å²) in [6.07, 6.45) is 0.0227. The zero-order valence-corrected chi connectivity index (χ0v) is 16.6. The molecule has 12 heteroatoms. The molecule has 3 rings (SSSR count). The highest BCUT2D eigenvalue weighted by Crippen LogP contribution is 2.30. The van der Waals surface area contributed by atoms with Crippen LogP contribution < -0.4 is 10.6 Å². The molecule has 1 aliphatic rings. The van der Waals surface area contributed by atoms with Crippen LogP contribution in [0.25, 0.3) is 0 Å². The average Bonchev–Trinajstić information content (AvgIpc) is 3.16. The normalized spacial score (nSPS) is 17.4. The van der Waals surface area contributed by atoms with E-state index in [1.807, 2.05) is 4.68 Å². The van der Waals surface area contributed by atoms with Gasteiger partial charge < -0.3 is 10.6 Å². The monoisotopic (exact) mass is 484 g/mol. The van der Waals surface area contributed by atoms with Crippen molar-refractivity contribution in [3.63, 3.8) is 0 Å². The number of halogens is 4. The lowest BCUT2D eigenvalue weighted by Crippen LogP contribution is -2.46. The number of aliphatic imine (C=N–C) groups is 1. The number of guanidine groups is 1. The SMILES string of the molecule is CN=C(NCc1cn(C)nc1C(F)(F)F)NC1CCc2ncnn2C1.I. The first-order valence-corrected chi connectivity index (χ1v) is 7.80. The smallest absolute Gasteiger partial charge is 0.352 e. The van der Waals surface area contributed by atoms with Gasteiger partial charge in [-0.1, -0.05) is 0 Å². The van der Waals surface area contributed by atoms with Crippen LogP contribution in [-0.4, -0.2) is 43.6 Å². The Bertz CT molecular complexity index is 767. The van der Waals surface area contributed by atoms with Gasteiger partial charge in [-0.05, 0) is 6.42 Å². The summed E-state index contributed by atoms with van der Waals surface area (Å²) in [5, 5.41) is 13.8. The molecule has 26 heavy (non-hydrogen) atoms. The number of hydrogen-bond acceptors (Lipinski definition) is 4. The summed E-state index contributed by atoms with van der Waals surface area (Å²) in [5.74, 6) is 1.37. The number of fused-ring (bicyclic) bond motifs is 1. The molecule has 0 aromatic carbocycles. The van der Waals surface area contributed by atoms with Crippen molar-refractivity contribution >= 4 is 29.9 Å². The minimum absolute atomic E-state index is 0.